The van der Waals surface area contributed by atoms with Crippen molar-refractivity contribution in [3.8, 4) is 0 Å². The second kappa shape index (κ2) is 8.02. The van der Waals surface area contributed by atoms with Gasteiger partial charge in [0.15, 0.2) is 0 Å². The molecule has 116 valence electrons. The lowest BCUT2D eigenvalue weighted by molar-refractivity contribution is -0.136. The van der Waals surface area contributed by atoms with Crippen LogP contribution in [0.15, 0.2) is 35.4 Å². The van der Waals surface area contributed by atoms with Crippen LogP contribution in [0.25, 0.3) is 0 Å². The minimum atomic E-state index is -0.230. The fourth-order valence-electron chi connectivity index (χ4n) is 2.45. The summed E-state index contributed by atoms with van der Waals surface area (Å²) in [7, 11) is 1.43. The highest BCUT2D eigenvalue weighted by Crippen LogP contribution is 2.27. The molecular formula is C19H28O2. The third kappa shape index (κ3) is 4.73. The van der Waals surface area contributed by atoms with Gasteiger partial charge in [0, 0.05) is 5.57 Å². The Labute approximate surface area is 129 Å². The first kappa shape index (κ1) is 17.5. The topological polar surface area (TPSA) is 26.3 Å². The maximum Gasteiger partial charge on any atom is 0.333 e. The Morgan fingerprint density at radius 3 is 1.95 bits per heavy atom. The Kier molecular flexibility index (Phi) is 6.67. The first-order chi connectivity index (χ1) is 9.90. The monoisotopic (exact) mass is 288 g/mol. The van der Waals surface area contributed by atoms with E-state index in [1.54, 1.807) is 0 Å². The van der Waals surface area contributed by atoms with E-state index in [9.17, 15) is 4.79 Å². The molecule has 2 nitrogen and oxygen atoms in total. The van der Waals surface area contributed by atoms with Crippen LogP contribution in [-0.4, -0.2) is 13.1 Å². The van der Waals surface area contributed by atoms with E-state index in [2.05, 4.69) is 45.0 Å². The van der Waals surface area contributed by atoms with Crippen LogP contribution in [0.1, 0.15) is 70.4 Å². The van der Waals surface area contributed by atoms with E-state index >= 15 is 0 Å². The summed E-state index contributed by atoms with van der Waals surface area (Å²) in [6.45, 7) is 10.5. The lowest BCUT2D eigenvalue weighted by Crippen LogP contribution is -2.05. The summed E-state index contributed by atoms with van der Waals surface area (Å²) in [4.78, 5) is 11.5. The maximum atomic E-state index is 11.5. The van der Waals surface area contributed by atoms with Crippen molar-refractivity contribution in [1.82, 2.24) is 0 Å². The molecule has 0 bridgehead atoms. The van der Waals surface area contributed by atoms with Gasteiger partial charge in [-0.3, -0.25) is 0 Å². The van der Waals surface area contributed by atoms with E-state index in [1.807, 2.05) is 13.8 Å². The van der Waals surface area contributed by atoms with Crippen molar-refractivity contribution in [2.45, 2.75) is 59.3 Å². The van der Waals surface area contributed by atoms with Gasteiger partial charge in [-0.1, -0.05) is 50.6 Å². The number of rotatable bonds is 6. The number of ether oxygens (including phenoxy) is 1. The van der Waals surface area contributed by atoms with Gasteiger partial charge in [0.25, 0.3) is 0 Å². The standard InChI is InChI=1S/C19H28O2/c1-7-13(2)17-8-10-18(11-9-17)15(4)12-14(3)16(5)19(20)21-6/h8-11,13,15H,7,12H2,1-6H3. The van der Waals surface area contributed by atoms with Crippen LogP contribution >= 0.6 is 0 Å². The first-order valence-corrected chi connectivity index (χ1v) is 7.75. The molecule has 2 atom stereocenters. The number of carbonyl (C=O) groups is 1. The molecule has 1 rings (SSSR count). The number of benzene rings is 1. The normalized spacial score (nSPS) is 15.1. The lowest BCUT2D eigenvalue weighted by Gasteiger charge is -2.16. The Morgan fingerprint density at radius 2 is 1.52 bits per heavy atom. The van der Waals surface area contributed by atoms with Crippen molar-refractivity contribution < 1.29 is 9.53 Å². The van der Waals surface area contributed by atoms with Gasteiger partial charge < -0.3 is 4.74 Å². The van der Waals surface area contributed by atoms with E-state index in [-0.39, 0.29) is 5.97 Å². The van der Waals surface area contributed by atoms with Crippen LogP contribution in [0, 0.1) is 0 Å². The molecule has 0 aliphatic carbocycles. The minimum Gasteiger partial charge on any atom is -0.466 e. The minimum absolute atomic E-state index is 0.230. The van der Waals surface area contributed by atoms with Crippen molar-refractivity contribution in [2.24, 2.45) is 0 Å². The van der Waals surface area contributed by atoms with E-state index in [0.29, 0.717) is 11.8 Å². The molecular weight excluding hydrogens is 260 g/mol. The van der Waals surface area contributed by atoms with Crippen molar-refractivity contribution >= 4 is 5.97 Å². The van der Waals surface area contributed by atoms with Gasteiger partial charge in [-0.15, -0.1) is 0 Å². The molecule has 0 radical (unpaired) electrons. The molecule has 0 fully saturated rings. The highest BCUT2D eigenvalue weighted by Gasteiger charge is 2.12. The summed E-state index contributed by atoms with van der Waals surface area (Å²) < 4.78 is 4.78. The molecule has 0 heterocycles. The molecule has 0 aliphatic rings. The van der Waals surface area contributed by atoms with E-state index in [1.165, 1.54) is 18.2 Å². The number of methoxy groups -OCH3 is 1. The van der Waals surface area contributed by atoms with Gasteiger partial charge in [-0.25, -0.2) is 4.79 Å². The molecule has 0 saturated carbocycles. The van der Waals surface area contributed by atoms with Crippen LogP contribution in [0.4, 0.5) is 0 Å². The maximum absolute atomic E-state index is 11.5. The summed E-state index contributed by atoms with van der Waals surface area (Å²) in [5.74, 6) is 0.778. The van der Waals surface area contributed by atoms with Crippen LogP contribution in [-0.2, 0) is 9.53 Å². The molecule has 0 aliphatic heterocycles. The first-order valence-electron chi connectivity index (χ1n) is 7.75. The predicted molar refractivity (Wildman–Crippen MR) is 88.6 cm³/mol. The Hall–Kier alpha value is -1.57. The number of hydrogen-bond donors (Lipinski definition) is 0. The quantitative estimate of drug-likeness (QED) is 0.531. The molecule has 1 aromatic rings. The van der Waals surface area contributed by atoms with Gasteiger partial charge in [0.1, 0.15) is 0 Å². The second-order valence-electron chi connectivity index (χ2n) is 5.98. The predicted octanol–water partition coefficient (Wildman–Crippen LogP) is 5.20. The molecule has 0 N–H and O–H groups in total. The molecule has 1 aromatic carbocycles. The summed E-state index contributed by atoms with van der Waals surface area (Å²) >= 11 is 0. The van der Waals surface area contributed by atoms with Gasteiger partial charge in [0.05, 0.1) is 7.11 Å². The smallest absolute Gasteiger partial charge is 0.333 e. The summed E-state index contributed by atoms with van der Waals surface area (Å²) in [5.41, 5.74) is 4.53. The number of allylic oxidation sites excluding steroid dienone is 1. The van der Waals surface area contributed by atoms with E-state index in [0.717, 1.165) is 24.0 Å². The fourth-order valence-corrected chi connectivity index (χ4v) is 2.45. The van der Waals surface area contributed by atoms with E-state index in [4.69, 9.17) is 4.74 Å². The molecule has 0 spiro atoms. The molecule has 0 amide bonds. The number of hydrogen-bond acceptors (Lipinski definition) is 2. The zero-order chi connectivity index (χ0) is 16.0. The van der Waals surface area contributed by atoms with Crippen LogP contribution in [0.5, 0.6) is 0 Å². The zero-order valence-electron chi connectivity index (χ0n) is 14.2. The second-order valence-corrected chi connectivity index (χ2v) is 5.98. The molecule has 21 heavy (non-hydrogen) atoms. The summed E-state index contributed by atoms with van der Waals surface area (Å²) in [6.07, 6.45) is 2.04. The van der Waals surface area contributed by atoms with Crippen LogP contribution in [0.2, 0.25) is 0 Å². The fraction of sp³-hybridized carbons (Fsp3) is 0.526. The summed E-state index contributed by atoms with van der Waals surface area (Å²) in [5, 5.41) is 0. The van der Waals surface area contributed by atoms with Crippen molar-refractivity contribution in [2.75, 3.05) is 7.11 Å². The van der Waals surface area contributed by atoms with Gasteiger partial charge in [-0.2, -0.15) is 0 Å². The van der Waals surface area contributed by atoms with E-state index < -0.39 is 0 Å². The van der Waals surface area contributed by atoms with Crippen molar-refractivity contribution in [3.05, 3.63) is 46.5 Å². The average Bonchev–Trinajstić information content (AvgIpc) is 2.52. The average molecular weight is 288 g/mol. The largest absolute Gasteiger partial charge is 0.466 e. The molecule has 2 heteroatoms. The third-order valence-corrected chi connectivity index (χ3v) is 4.43. The molecule has 0 saturated heterocycles. The Balaban J connectivity index is 2.80. The lowest BCUT2D eigenvalue weighted by atomic mass is 9.90. The number of carbonyl (C=O) groups excluding carboxylic acids is 1. The highest BCUT2D eigenvalue weighted by molar-refractivity contribution is 5.88. The van der Waals surface area contributed by atoms with Crippen LogP contribution in [0.3, 0.4) is 0 Å². The van der Waals surface area contributed by atoms with Gasteiger partial charge in [-0.05, 0) is 49.7 Å². The highest BCUT2D eigenvalue weighted by atomic mass is 16.5. The number of esters is 1. The van der Waals surface area contributed by atoms with Crippen molar-refractivity contribution in [3.63, 3.8) is 0 Å². The molecule has 2 unspecified atom stereocenters. The summed E-state index contributed by atoms with van der Waals surface area (Å²) in [6, 6.07) is 8.89. The van der Waals surface area contributed by atoms with Crippen molar-refractivity contribution in [1.29, 1.82) is 0 Å². The van der Waals surface area contributed by atoms with Crippen LogP contribution < -0.4 is 0 Å². The Morgan fingerprint density at radius 1 is 1.05 bits per heavy atom. The zero-order valence-corrected chi connectivity index (χ0v) is 14.2. The SMILES string of the molecule is CCC(C)c1ccc(C(C)CC(C)=C(C)C(=O)OC)cc1. The molecule has 0 aromatic heterocycles. The van der Waals surface area contributed by atoms with Gasteiger partial charge >= 0.3 is 5.97 Å². The Bertz CT molecular complexity index is 497. The third-order valence-electron chi connectivity index (χ3n) is 4.43. The van der Waals surface area contributed by atoms with Gasteiger partial charge in [0.2, 0.25) is 0 Å².